The summed E-state index contributed by atoms with van der Waals surface area (Å²) in [5.41, 5.74) is 1.19. The minimum Gasteiger partial charge on any atom is -0.311 e. The molecule has 2 fully saturated rings. The first-order valence-corrected chi connectivity index (χ1v) is 8.75. The molecule has 1 saturated carbocycles. The van der Waals surface area contributed by atoms with Crippen molar-refractivity contribution in [2.75, 3.05) is 13.1 Å². The van der Waals surface area contributed by atoms with E-state index in [0.717, 1.165) is 30.0 Å². The minimum absolute atomic E-state index is 0.176. The third-order valence-electron chi connectivity index (χ3n) is 4.85. The maximum atomic E-state index is 13.3. The van der Waals surface area contributed by atoms with Crippen LogP contribution < -0.4 is 5.32 Å². The molecule has 0 amide bonds. The molecule has 2 atom stereocenters. The summed E-state index contributed by atoms with van der Waals surface area (Å²) in [6.07, 6.45) is 2.72. The fourth-order valence-corrected chi connectivity index (χ4v) is 3.77. The minimum atomic E-state index is -0.176. The Morgan fingerprint density at radius 1 is 1.38 bits per heavy atom. The van der Waals surface area contributed by atoms with Crippen molar-refractivity contribution in [2.45, 2.75) is 45.3 Å². The van der Waals surface area contributed by atoms with Crippen molar-refractivity contribution >= 4 is 15.9 Å². The zero-order chi connectivity index (χ0) is 15.0. The third kappa shape index (κ3) is 3.66. The van der Waals surface area contributed by atoms with Gasteiger partial charge in [-0.2, -0.15) is 0 Å². The lowest BCUT2D eigenvalue weighted by atomic mass is 9.97. The van der Waals surface area contributed by atoms with Gasteiger partial charge in [-0.1, -0.05) is 35.8 Å². The summed E-state index contributed by atoms with van der Waals surface area (Å²) in [6, 6.07) is 6.24. The molecule has 2 aliphatic rings. The number of benzene rings is 1. The molecule has 2 unspecified atom stereocenters. The molecule has 1 aliphatic heterocycles. The van der Waals surface area contributed by atoms with Gasteiger partial charge in [-0.05, 0) is 42.4 Å². The van der Waals surface area contributed by atoms with E-state index in [1.807, 2.05) is 6.07 Å². The highest BCUT2D eigenvalue weighted by Gasteiger charge is 2.39. The Labute approximate surface area is 135 Å². The highest BCUT2D eigenvalue weighted by Crippen LogP contribution is 2.37. The van der Waals surface area contributed by atoms with Gasteiger partial charge >= 0.3 is 0 Å². The topological polar surface area (TPSA) is 15.3 Å². The van der Waals surface area contributed by atoms with Crippen LogP contribution in [0.15, 0.2) is 22.7 Å². The van der Waals surface area contributed by atoms with E-state index in [9.17, 15) is 4.39 Å². The van der Waals surface area contributed by atoms with Gasteiger partial charge in [0.2, 0.25) is 0 Å². The molecule has 0 bridgehead atoms. The molecule has 1 heterocycles. The molecule has 2 nitrogen and oxygen atoms in total. The summed E-state index contributed by atoms with van der Waals surface area (Å²) >= 11 is 3.51. The lowest BCUT2D eigenvalue weighted by Gasteiger charge is -2.42. The van der Waals surface area contributed by atoms with Crippen molar-refractivity contribution in [3.05, 3.63) is 34.1 Å². The van der Waals surface area contributed by atoms with E-state index < -0.39 is 0 Å². The van der Waals surface area contributed by atoms with Crippen LogP contribution >= 0.6 is 15.9 Å². The molecule has 21 heavy (non-hydrogen) atoms. The average Bonchev–Trinajstić information content (AvgIpc) is 3.26. The maximum Gasteiger partial charge on any atom is 0.124 e. The van der Waals surface area contributed by atoms with E-state index in [4.69, 9.17) is 0 Å². The van der Waals surface area contributed by atoms with Gasteiger partial charge in [0.05, 0.1) is 0 Å². The molecule has 1 aromatic carbocycles. The van der Waals surface area contributed by atoms with Crippen molar-refractivity contribution in [1.82, 2.24) is 10.2 Å². The Hall–Kier alpha value is -0.450. The van der Waals surface area contributed by atoms with Gasteiger partial charge in [0, 0.05) is 36.2 Å². The molecule has 1 aromatic rings. The summed E-state index contributed by atoms with van der Waals surface area (Å²) < 4.78 is 14.1. The Balaban J connectivity index is 1.75. The molecule has 1 aliphatic carbocycles. The monoisotopic (exact) mass is 354 g/mol. The van der Waals surface area contributed by atoms with Crippen LogP contribution in [0, 0.1) is 17.7 Å². The van der Waals surface area contributed by atoms with Gasteiger partial charge in [-0.25, -0.2) is 4.39 Å². The Morgan fingerprint density at radius 3 is 2.76 bits per heavy atom. The Morgan fingerprint density at radius 2 is 2.14 bits per heavy atom. The molecular weight excluding hydrogens is 331 g/mol. The van der Waals surface area contributed by atoms with Crippen molar-refractivity contribution in [1.29, 1.82) is 0 Å². The van der Waals surface area contributed by atoms with E-state index in [2.05, 4.69) is 40.0 Å². The van der Waals surface area contributed by atoms with Crippen LogP contribution in [0.3, 0.4) is 0 Å². The second kappa shape index (κ2) is 6.35. The molecule has 0 radical (unpaired) electrons. The third-order valence-corrected chi connectivity index (χ3v) is 5.59. The zero-order valence-electron chi connectivity index (χ0n) is 12.8. The highest BCUT2D eigenvalue weighted by atomic mass is 79.9. The van der Waals surface area contributed by atoms with E-state index in [1.54, 1.807) is 12.1 Å². The lowest BCUT2D eigenvalue weighted by molar-refractivity contribution is 0.0924. The first-order chi connectivity index (χ1) is 10.0. The van der Waals surface area contributed by atoms with Gasteiger partial charge in [0.15, 0.2) is 0 Å². The highest BCUT2D eigenvalue weighted by molar-refractivity contribution is 9.10. The first-order valence-electron chi connectivity index (χ1n) is 7.96. The van der Waals surface area contributed by atoms with Gasteiger partial charge in [0.25, 0.3) is 0 Å². The standard InChI is InChI=1S/C17H24BrFN2/c1-11(2)16-10-21(17(8-20-16)12-3-4-12)9-13-5-6-14(19)7-15(13)18/h5-7,11-12,16-17,20H,3-4,8-10H2,1-2H3. The predicted octanol–water partition coefficient (Wildman–Crippen LogP) is 3.80. The first kappa shape index (κ1) is 15.4. The second-order valence-corrected chi connectivity index (χ2v) is 7.68. The van der Waals surface area contributed by atoms with E-state index >= 15 is 0 Å². The van der Waals surface area contributed by atoms with Gasteiger partial charge < -0.3 is 5.32 Å². The summed E-state index contributed by atoms with van der Waals surface area (Å²) in [7, 11) is 0. The van der Waals surface area contributed by atoms with Gasteiger partial charge in [-0.3, -0.25) is 4.90 Å². The molecule has 1 saturated heterocycles. The van der Waals surface area contributed by atoms with E-state index in [0.29, 0.717) is 18.0 Å². The van der Waals surface area contributed by atoms with Crippen molar-refractivity contribution in [3.63, 3.8) is 0 Å². The summed E-state index contributed by atoms with van der Waals surface area (Å²) in [5, 5.41) is 3.72. The van der Waals surface area contributed by atoms with Crippen LogP contribution in [0.5, 0.6) is 0 Å². The zero-order valence-corrected chi connectivity index (χ0v) is 14.4. The Bertz CT molecular complexity index is 502. The maximum absolute atomic E-state index is 13.3. The quantitative estimate of drug-likeness (QED) is 0.884. The van der Waals surface area contributed by atoms with Crippen molar-refractivity contribution < 1.29 is 4.39 Å². The number of halogens is 2. The van der Waals surface area contributed by atoms with Crippen molar-refractivity contribution in [3.8, 4) is 0 Å². The normalized spacial score (nSPS) is 27.3. The second-order valence-electron chi connectivity index (χ2n) is 6.83. The molecule has 1 N–H and O–H groups in total. The average molecular weight is 355 g/mol. The number of hydrogen-bond acceptors (Lipinski definition) is 2. The molecular formula is C17H24BrFN2. The van der Waals surface area contributed by atoms with Crippen LogP contribution in [0.4, 0.5) is 4.39 Å². The van der Waals surface area contributed by atoms with Crippen LogP contribution in [0.2, 0.25) is 0 Å². The van der Waals surface area contributed by atoms with E-state index in [1.165, 1.54) is 18.4 Å². The summed E-state index contributed by atoms with van der Waals surface area (Å²) in [6.45, 7) is 7.64. The van der Waals surface area contributed by atoms with Gasteiger partial charge in [-0.15, -0.1) is 0 Å². The number of nitrogens with zero attached hydrogens (tertiary/aromatic N) is 1. The number of nitrogens with one attached hydrogen (secondary N) is 1. The molecule has 116 valence electrons. The van der Waals surface area contributed by atoms with Crippen LogP contribution in [0.1, 0.15) is 32.3 Å². The van der Waals surface area contributed by atoms with Crippen LogP contribution in [-0.2, 0) is 6.54 Å². The number of hydrogen-bond donors (Lipinski definition) is 1. The molecule has 0 spiro atoms. The smallest absolute Gasteiger partial charge is 0.124 e. The number of rotatable bonds is 4. The van der Waals surface area contributed by atoms with Crippen LogP contribution in [-0.4, -0.2) is 30.1 Å². The molecule has 4 heteroatoms. The predicted molar refractivity (Wildman–Crippen MR) is 87.7 cm³/mol. The fourth-order valence-electron chi connectivity index (χ4n) is 3.30. The number of piperazine rings is 1. The fraction of sp³-hybridized carbons (Fsp3) is 0.647. The van der Waals surface area contributed by atoms with Crippen LogP contribution in [0.25, 0.3) is 0 Å². The van der Waals surface area contributed by atoms with Gasteiger partial charge in [0.1, 0.15) is 5.82 Å². The SMILES string of the molecule is CC(C)C1CN(Cc2ccc(F)cc2Br)C(C2CC2)CN1. The Kier molecular flexibility index (Phi) is 4.67. The lowest BCUT2D eigenvalue weighted by Crippen LogP contribution is -2.58. The molecule has 3 rings (SSSR count). The summed E-state index contributed by atoms with van der Waals surface area (Å²) in [4.78, 5) is 2.61. The molecule has 0 aromatic heterocycles. The van der Waals surface area contributed by atoms with Crippen molar-refractivity contribution in [2.24, 2.45) is 11.8 Å². The largest absolute Gasteiger partial charge is 0.311 e. The summed E-state index contributed by atoms with van der Waals surface area (Å²) in [5.74, 6) is 1.32. The van der Waals surface area contributed by atoms with E-state index in [-0.39, 0.29) is 5.82 Å².